The summed E-state index contributed by atoms with van der Waals surface area (Å²) in [6.45, 7) is 6.16. The Morgan fingerprint density at radius 2 is 2.00 bits per heavy atom. The van der Waals surface area contributed by atoms with E-state index in [9.17, 15) is 13.2 Å². The number of hydrogen-bond donors (Lipinski definition) is 3. The van der Waals surface area contributed by atoms with Crippen molar-refractivity contribution >= 4 is 45.7 Å². The molecule has 1 unspecified atom stereocenters. The normalized spacial score (nSPS) is 21.5. The molecule has 0 saturated carbocycles. The van der Waals surface area contributed by atoms with Gasteiger partial charge in [0.05, 0.1) is 18.1 Å². The monoisotopic (exact) mass is 432 g/mol. The molecule has 7 nitrogen and oxygen atoms in total. The van der Waals surface area contributed by atoms with Gasteiger partial charge in [0.15, 0.2) is 15.8 Å². The first-order valence-corrected chi connectivity index (χ1v) is 8.47. The second-order valence-electron chi connectivity index (χ2n) is 6.06. The van der Waals surface area contributed by atoms with Crippen molar-refractivity contribution in [2.45, 2.75) is 45.2 Å². The van der Waals surface area contributed by atoms with E-state index in [0.29, 0.717) is 12.4 Å². The van der Waals surface area contributed by atoms with E-state index in [1.54, 1.807) is 0 Å². The van der Waals surface area contributed by atoms with E-state index in [4.69, 9.17) is 5.73 Å². The molecular formula is C12H25IN4O3S. The fraction of sp³-hybridized carbons (Fsp3) is 0.833. The first-order chi connectivity index (χ1) is 9.07. The van der Waals surface area contributed by atoms with Crippen LogP contribution >= 0.6 is 24.0 Å². The minimum Gasteiger partial charge on any atom is -0.370 e. The van der Waals surface area contributed by atoms with Gasteiger partial charge < -0.3 is 16.4 Å². The second kappa shape index (κ2) is 8.16. The number of carbonyl (C=O) groups is 1. The Morgan fingerprint density at radius 3 is 2.48 bits per heavy atom. The zero-order valence-corrected chi connectivity index (χ0v) is 15.8. The first kappa shape index (κ1) is 20.4. The summed E-state index contributed by atoms with van der Waals surface area (Å²) in [5.74, 6) is 0.294. The Bertz CT molecular complexity index is 485. The zero-order chi connectivity index (χ0) is 15.4. The predicted molar refractivity (Wildman–Crippen MR) is 94.6 cm³/mol. The van der Waals surface area contributed by atoms with Gasteiger partial charge in [-0.1, -0.05) is 0 Å². The smallest absolute Gasteiger partial charge is 0.222 e. The Morgan fingerprint density at radius 1 is 1.38 bits per heavy atom. The molecule has 1 heterocycles. The topological polar surface area (TPSA) is 114 Å². The quantitative estimate of drug-likeness (QED) is 0.329. The maximum atomic E-state index is 11.6. The molecule has 1 aliphatic heterocycles. The number of nitrogens with one attached hydrogen (secondary N) is 2. The number of nitrogens with zero attached hydrogens (tertiary/aromatic N) is 1. The van der Waals surface area contributed by atoms with E-state index in [0.717, 1.165) is 0 Å². The molecule has 1 aliphatic rings. The van der Waals surface area contributed by atoms with Crippen molar-refractivity contribution < 1.29 is 13.2 Å². The fourth-order valence-corrected chi connectivity index (χ4v) is 3.58. The number of nitrogens with two attached hydrogens (primary N) is 1. The molecule has 0 aliphatic carbocycles. The van der Waals surface area contributed by atoms with Crippen LogP contribution in [-0.2, 0) is 14.6 Å². The number of halogens is 1. The summed E-state index contributed by atoms with van der Waals surface area (Å²) in [5, 5.41) is 5.70. The van der Waals surface area contributed by atoms with E-state index >= 15 is 0 Å². The minimum atomic E-state index is -2.97. The summed E-state index contributed by atoms with van der Waals surface area (Å²) in [6.07, 6.45) is 0.689. The van der Waals surface area contributed by atoms with Gasteiger partial charge in [0.2, 0.25) is 5.91 Å². The maximum Gasteiger partial charge on any atom is 0.222 e. The van der Waals surface area contributed by atoms with Crippen molar-refractivity contribution in [1.29, 1.82) is 0 Å². The molecule has 0 bridgehead atoms. The molecule has 9 heteroatoms. The largest absolute Gasteiger partial charge is 0.370 e. The van der Waals surface area contributed by atoms with Crippen LogP contribution in [0.3, 0.4) is 0 Å². The van der Waals surface area contributed by atoms with E-state index in [1.165, 1.54) is 0 Å². The van der Waals surface area contributed by atoms with Crippen molar-refractivity contribution in [2.75, 3.05) is 18.1 Å². The highest BCUT2D eigenvalue weighted by Gasteiger charge is 2.28. The van der Waals surface area contributed by atoms with Crippen molar-refractivity contribution in [3.63, 3.8) is 0 Å². The van der Waals surface area contributed by atoms with Crippen LogP contribution in [0.1, 0.15) is 33.6 Å². The van der Waals surface area contributed by atoms with Gasteiger partial charge in [-0.05, 0) is 27.2 Å². The van der Waals surface area contributed by atoms with Crippen molar-refractivity contribution in [1.82, 2.24) is 10.6 Å². The molecule has 1 atom stereocenters. The third-order valence-electron chi connectivity index (χ3n) is 2.72. The number of hydrogen-bond acceptors (Lipinski definition) is 4. The summed E-state index contributed by atoms with van der Waals surface area (Å²) < 4.78 is 22.5. The number of carbonyl (C=O) groups excluding carboxylic acids is 1. The van der Waals surface area contributed by atoms with Crippen LogP contribution in [0.25, 0.3) is 0 Å². The highest BCUT2D eigenvalue weighted by Crippen LogP contribution is 2.11. The van der Waals surface area contributed by atoms with Crippen LogP contribution in [0.5, 0.6) is 0 Å². The molecule has 0 spiro atoms. The molecule has 0 aromatic heterocycles. The lowest BCUT2D eigenvalue weighted by Gasteiger charge is -2.20. The highest BCUT2D eigenvalue weighted by atomic mass is 127. The molecule has 21 heavy (non-hydrogen) atoms. The van der Waals surface area contributed by atoms with E-state index < -0.39 is 9.84 Å². The molecule has 1 fully saturated rings. The third-order valence-corrected chi connectivity index (χ3v) is 4.49. The van der Waals surface area contributed by atoms with Gasteiger partial charge in [-0.3, -0.25) is 9.79 Å². The lowest BCUT2D eigenvalue weighted by Crippen LogP contribution is -2.45. The molecule has 4 N–H and O–H groups in total. The number of guanidine groups is 1. The Balaban J connectivity index is 0.00000400. The molecule has 1 amide bonds. The van der Waals surface area contributed by atoms with Gasteiger partial charge in [0.25, 0.3) is 0 Å². The van der Waals surface area contributed by atoms with Gasteiger partial charge >= 0.3 is 0 Å². The van der Waals surface area contributed by atoms with Crippen LogP contribution in [0.15, 0.2) is 4.99 Å². The van der Waals surface area contributed by atoms with Gasteiger partial charge in [-0.2, -0.15) is 0 Å². The Kier molecular flexibility index (Phi) is 7.93. The first-order valence-electron chi connectivity index (χ1n) is 6.65. The van der Waals surface area contributed by atoms with Gasteiger partial charge in [0.1, 0.15) is 0 Å². The lowest BCUT2D eigenvalue weighted by molar-refractivity contribution is -0.121. The second-order valence-corrected chi connectivity index (χ2v) is 8.29. The average molecular weight is 432 g/mol. The van der Waals surface area contributed by atoms with Crippen molar-refractivity contribution in [2.24, 2.45) is 10.7 Å². The Hall–Kier alpha value is -0.580. The zero-order valence-electron chi connectivity index (χ0n) is 12.7. The molecular weight excluding hydrogens is 407 g/mol. The molecule has 1 rings (SSSR count). The standard InChI is InChI=1S/C12H24N4O3S.HI/c1-12(2,3)16-11(13)14-6-4-10(17)15-9-5-7-20(18,19)8-9;/h9H,4-8H2,1-3H3,(H,15,17)(H3,13,14,16);1H. The number of aliphatic imine (C=N–C) groups is 1. The van der Waals surface area contributed by atoms with Crippen LogP contribution in [0, 0.1) is 0 Å². The maximum absolute atomic E-state index is 11.6. The molecule has 0 aromatic rings. The average Bonchev–Trinajstić information content (AvgIpc) is 2.55. The van der Waals surface area contributed by atoms with Gasteiger partial charge in [-0.15, -0.1) is 24.0 Å². The van der Waals surface area contributed by atoms with Crippen molar-refractivity contribution in [3.05, 3.63) is 0 Å². The summed E-state index contributed by atoms with van der Waals surface area (Å²) in [5.41, 5.74) is 5.50. The van der Waals surface area contributed by atoms with E-state index in [1.807, 2.05) is 20.8 Å². The summed E-state index contributed by atoms with van der Waals surface area (Å²) >= 11 is 0. The van der Waals surface area contributed by atoms with E-state index in [2.05, 4.69) is 15.6 Å². The molecule has 0 aromatic carbocycles. The SMILES string of the molecule is CC(C)(C)NC(N)=NCCC(=O)NC1CCS(=O)(=O)C1.I. The molecule has 124 valence electrons. The highest BCUT2D eigenvalue weighted by molar-refractivity contribution is 14.0. The number of sulfone groups is 1. The summed E-state index contributed by atoms with van der Waals surface area (Å²) in [4.78, 5) is 15.7. The Labute approximate surface area is 143 Å². The predicted octanol–water partition coefficient (Wildman–Crippen LogP) is 0.000600. The van der Waals surface area contributed by atoms with Crippen molar-refractivity contribution in [3.8, 4) is 0 Å². The van der Waals surface area contributed by atoms with Crippen LogP contribution in [0.2, 0.25) is 0 Å². The molecule has 1 saturated heterocycles. The van der Waals surface area contributed by atoms with Gasteiger partial charge in [0, 0.05) is 18.0 Å². The van der Waals surface area contributed by atoms with Gasteiger partial charge in [-0.25, -0.2) is 8.42 Å². The summed E-state index contributed by atoms with van der Waals surface area (Å²) in [7, 11) is -2.97. The van der Waals surface area contributed by atoms with E-state index in [-0.39, 0.29) is 65.9 Å². The number of amides is 1. The van der Waals surface area contributed by atoms with Crippen LogP contribution < -0.4 is 16.4 Å². The number of rotatable bonds is 4. The minimum absolute atomic E-state index is 0. The third kappa shape index (κ3) is 9.12. The summed E-state index contributed by atoms with van der Waals surface area (Å²) in [6, 6.07) is -0.262. The molecule has 0 radical (unpaired) electrons. The lowest BCUT2D eigenvalue weighted by atomic mass is 10.1. The van der Waals surface area contributed by atoms with Crippen LogP contribution in [-0.4, -0.2) is 49.9 Å². The van der Waals surface area contributed by atoms with Crippen LogP contribution in [0.4, 0.5) is 0 Å². The fourth-order valence-electron chi connectivity index (χ4n) is 1.91.